The third-order valence-corrected chi connectivity index (χ3v) is 2.92. The minimum atomic E-state index is 0.146. The Morgan fingerprint density at radius 1 is 1.40 bits per heavy atom. The second-order valence-electron chi connectivity index (χ2n) is 3.94. The van der Waals surface area contributed by atoms with Crippen LogP contribution in [0.15, 0.2) is 0 Å². The zero-order valence-corrected chi connectivity index (χ0v) is 10.0. The molecule has 0 spiro atoms. The first kappa shape index (κ1) is 12.3. The van der Waals surface area contributed by atoms with E-state index in [9.17, 15) is 4.79 Å². The molecule has 0 N–H and O–H groups in total. The molecule has 0 radical (unpaired) electrons. The minimum absolute atomic E-state index is 0.146. The molecule has 0 aliphatic carbocycles. The average Bonchev–Trinajstić information content (AvgIpc) is 2.28. The first-order chi connectivity index (χ1) is 7.19. The van der Waals surface area contributed by atoms with E-state index in [4.69, 9.17) is 4.74 Å². The molecule has 0 atom stereocenters. The summed E-state index contributed by atoms with van der Waals surface area (Å²) >= 11 is 0. The van der Waals surface area contributed by atoms with E-state index in [1.54, 1.807) is 4.90 Å². The van der Waals surface area contributed by atoms with Gasteiger partial charge in [-0.05, 0) is 26.7 Å². The van der Waals surface area contributed by atoms with E-state index >= 15 is 0 Å². The van der Waals surface area contributed by atoms with Crippen LogP contribution in [0.1, 0.15) is 26.7 Å². The molecule has 1 heterocycles. The summed E-state index contributed by atoms with van der Waals surface area (Å²) in [4.78, 5) is 15.5. The van der Waals surface area contributed by atoms with E-state index in [1.165, 1.54) is 0 Å². The molecule has 1 fully saturated rings. The molecule has 1 rings (SSSR count). The molecule has 0 aromatic heterocycles. The van der Waals surface area contributed by atoms with Crippen LogP contribution in [0.4, 0.5) is 4.79 Å². The van der Waals surface area contributed by atoms with E-state index in [1.807, 2.05) is 25.8 Å². The molecule has 1 aliphatic heterocycles. The predicted molar refractivity (Wildman–Crippen MR) is 59.9 cm³/mol. The van der Waals surface area contributed by atoms with Crippen LogP contribution in [-0.4, -0.2) is 55.2 Å². The number of urea groups is 1. The quantitative estimate of drug-likeness (QED) is 0.714. The molecule has 0 unspecified atom stereocenters. The highest BCUT2D eigenvalue weighted by Gasteiger charge is 2.24. The zero-order valence-electron chi connectivity index (χ0n) is 10.0. The smallest absolute Gasteiger partial charge is 0.319 e. The van der Waals surface area contributed by atoms with E-state index in [2.05, 4.69) is 0 Å². The van der Waals surface area contributed by atoms with Crippen molar-refractivity contribution in [2.45, 2.75) is 32.8 Å². The number of rotatable bonds is 3. The average molecular weight is 214 g/mol. The van der Waals surface area contributed by atoms with Gasteiger partial charge in [0.2, 0.25) is 0 Å². The highest BCUT2D eigenvalue weighted by atomic mass is 16.5. The van der Waals surface area contributed by atoms with Crippen LogP contribution in [0.5, 0.6) is 0 Å². The Kier molecular flexibility index (Phi) is 4.88. The van der Waals surface area contributed by atoms with Crippen LogP contribution in [-0.2, 0) is 4.74 Å². The maximum absolute atomic E-state index is 11.8. The lowest BCUT2D eigenvalue weighted by Crippen LogP contribution is -2.46. The fourth-order valence-electron chi connectivity index (χ4n) is 1.83. The van der Waals surface area contributed by atoms with Crippen molar-refractivity contribution in [1.29, 1.82) is 0 Å². The number of carbonyl (C=O) groups excluding carboxylic acids is 1. The van der Waals surface area contributed by atoms with Crippen LogP contribution in [0.3, 0.4) is 0 Å². The molecule has 0 bridgehead atoms. The first-order valence-corrected chi connectivity index (χ1v) is 5.80. The van der Waals surface area contributed by atoms with Gasteiger partial charge in [0.1, 0.15) is 0 Å². The Labute approximate surface area is 92.2 Å². The number of carbonyl (C=O) groups is 1. The van der Waals surface area contributed by atoms with Gasteiger partial charge in [0.05, 0.1) is 6.10 Å². The van der Waals surface area contributed by atoms with Gasteiger partial charge in [0.15, 0.2) is 0 Å². The van der Waals surface area contributed by atoms with Crippen LogP contribution < -0.4 is 0 Å². The van der Waals surface area contributed by atoms with Crippen molar-refractivity contribution >= 4 is 6.03 Å². The summed E-state index contributed by atoms with van der Waals surface area (Å²) in [5.74, 6) is 0. The summed E-state index contributed by atoms with van der Waals surface area (Å²) in [5.41, 5.74) is 0. The molecule has 4 nitrogen and oxygen atoms in total. The second kappa shape index (κ2) is 5.95. The van der Waals surface area contributed by atoms with E-state index < -0.39 is 0 Å². The molecule has 0 saturated carbocycles. The SMILES string of the molecule is CCOC1CCN(C(=O)N(C)CC)CC1. The lowest BCUT2D eigenvalue weighted by atomic mass is 10.1. The van der Waals surface area contributed by atoms with Gasteiger partial charge in [0, 0.05) is 33.3 Å². The maximum Gasteiger partial charge on any atom is 0.319 e. The second-order valence-corrected chi connectivity index (χ2v) is 3.94. The number of hydrogen-bond acceptors (Lipinski definition) is 2. The summed E-state index contributed by atoms with van der Waals surface area (Å²) in [6.45, 7) is 7.20. The van der Waals surface area contributed by atoms with Gasteiger partial charge in [-0.15, -0.1) is 0 Å². The van der Waals surface area contributed by atoms with Gasteiger partial charge in [-0.3, -0.25) is 0 Å². The molecule has 0 aromatic rings. The molecule has 2 amide bonds. The lowest BCUT2D eigenvalue weighted by Gasteiger charge is -2.34. The molecule has 1 aliphatic rings. The monoisotopic (exact) mass is 214 g/mol. The summed E-state index contributed by atoms with van der Waals surface area (Å²) in [5, 5.41) is 0. The van der Waals surface area contributed by atoms with Crippen LogP contribution in [0.2, 0.25) is 0 Å². The molecule has 0 aromatic carbocycles. The van der Waals surface area contributed by atoms with Crippen molar-refractivity contribution in [3.8, 4) is 0 Å². The summed E-state index contributed by atoms with van der Waals surface area (Å²) in [7, 11) is 1.84. The Hall–Kier alpha value is -0.770. The number of piperidine rings is 1. The zero-order chi connectivity index (χ0) is 11.3. The predicted octanol–water partition coefficient (Wildman–Crippen LogP) is 1.56. The lowest BCUT2D eigenvalue weighted by molar-refractivity contribution is 0.0192. The highest BCUT2D eigenvalue weighted by Crippen LogP contribution is 2.14. The molecule has 88 valence electrons. The highest BCUT2D eigenvalue weighted by molar-refractivity contribution is 5.74. The normalized spacial score (nSPS) is 17.9. The third-order valence-electron chi connectivity index (χ3n) is 2.92. The van der Waals surface area contributed by atoms with Gasteiger partial charge in [0.25, 0.3) is 0 Å². The van der Waals surface area contributed by atoms with Crippen molar-refractivity contribution in [3.05, 3.63) is 0 Å². The van der Waals surface area contributed by atoms with Gasteiger partial charge < -0.3 is 14.5 Å². The summed E-state index contributed by atoms with van der Waals surface area (Å²) in [6, 6.07) is 0.146. The molecule has 1 saturated heterocycles. The van der Waals surface area contributed by atoms with Crippen molar-refractivity contribution in [1.82, 2.24) is 9.80 Å². The third kappa shape index (κ3) is 3.38. The Bertz CT molecular complexity index is 201. The summed E-state index contributed by atoms with van der Waals surface area (Å²) in [6.07, 6.45) is 2.29. The molecule has 4 heteroatoms. The van der Waals surface area contributed by atoms with Crippen LogP contribution >= 0.6 is 0 Å². The Morgan fingerprint density at radius 3 is 2.47 bits per heavy atom. The van der Waals surface area contributed by atoms with Gasteiger partial charge in [-0.2, -0.15) is 0 Å². The van der Waals surface area contributed by atoms with Gasteiger partial charge in [-0.1, -0.05) is 0 Å². The van der Waals surface area contributed by atoms with Crippen molar-refractivity contribution in [2.75, 3.05) is 33.3 Å². The number of amides is 2. The largest absolute Gasteiger partial charge is 0.378 e. The standard InChI is InChI=1S/C11H22N2O2/c1-4-12(3)11(14)13-8-6-10(7-9-13)15-5-2/h10H,4-9H2,1-3H3. The minimum Gasteiger partial charge on any atom is -0.378 e. The van der Waals surface area contributed by atoms with Gasteiger partial charge >= 0.3 is 6.03 Å². The Balaban J connectivity index is 2.33. The van der Waals surface area contributed by atoms with Crippen molar-refractivity contribution in [3.63, 3.8) is 0 Å². The number of likely N-dealkylation sites (tertiary alicyclic amines) is 1. The first-order valence-electron chi connectivity index (χ1n) is 5.80. The fraction of sp³-hybridized carbons (Fsp3) is 0.909. The van der Waals surface area contributed by atoms with Crippen LogP contribution in [0.25, 0.3) is 0 Å². The van der Waals surface area contributed by atoms with E-state index in [-0.39, 0.29) is 6.03 Å². The van der Waals surface area contributed by atoms with Gasteiger partial charge in [-0.25, -0.2) is 4.79 Å². The fourth-order valence-corrected chi connectivity index (χ4v) is 1.83. The van der Waals surface area contributed by atoms with E-state index in [0.717, 1.165) is 39.1 Å². The Morgan fingerprint density at radius 2 is 2.00 bits per heavy atom. The number of nitrogens with zero attached hydrogens (tertiary/aromatic N) is 2. The van der Waals surface area contributed by atoms with Crippen molar-refractivity contribution in [2.24, 2.45) is 0 Å². The number of hydrogen-bond donors (Lipinski definition) is 0. The van der Waals surface area contributed by atoms with E-state index in [0.29, 0.717) is 6.10 Å². The van der Waals surface area contributed by atoms with Crippen LogP contribution in [0, 0.1) is 0 Å². The molecular formula is C11H22N2O2. The number of ether oxygens (including phenoxy) is 1. The topological polar surface area (TPSA) is 32.8 Å². The maximum atomic E-state index is 11.8. The van der Waals surface area contributed by atoms with Crippen molar-refractivity contribution < 1.29 is 9.53 Å². The molecule has 15 heavy (non-hydrogen) atoms. The molecular weight excluding hydrogens is 192 g/mol. The summed E-state index contributed by atoms with van der Waals surface area (Å²) < 4.78 is 5.55.